The van der Waals surface area contributed by atoms with Crippen molar-refractivity contribution >= 4 is 28.4 Å². The molecule has 0 aliphatic rings. The summed E-state index contributed by atoms with van der Waals surface area (Å²) in [5.41, 5.74) is 9.51. The van der Waals surface area contributed by atoms with Crippen LogP contribution in [0.15, 0.2) is 40.8 Å². The first kappa shape index (κ1) is 11.1. The van der Waals surface area contributed by atoms with E-state index in [1.54, 1.807) is 0 Å². The van der Waals surface area contributed by atoms with E-state index in [1.165, 1.54) is 0 Å². The van der Waals surface area contributed by atoms with Crippen LogP contribution in [0.1, 0.15) is 5.56 Å². The van der Waals surface area contributed by atoms with Crippen molar-refractivity contribution in [1.29, 1.82) is 0 Å². The number of halogens is 1. The van der Waals surface area contributed by atoms with Crippen LogP contribution in [0.3, 0.4) is 0 Å². The van der Waals surface area contributed by atoms with Gasteiger partial charge in [-0.2, -0.15) is 0 Å². The van der Waals surface area contributed by atoms with Gasteiger partial charge >= 0.3 is 0 Å². The van der Waals surface area contributed by atoms with E-state index < -0.39 is 0 Å². The third kappa shape index (κ3) is 1.64. The Morgan fingerprint density at radius 1 is 1.22 bits per heavy atom. The molecule has 0 spiro atoms. The zero-order valence-electron chi connectivity index (χ0n) is 9.77. The average molecular weight is 259 g/mol. The number of anilines is 1. The molecule has 0 aliphatic heterocycles. The number of benzene rings is 2. The zero-order chi connectivity index (χ0) is 12.7. The fourth-order valence-corrected chi connectivity index (χ4v) is 2.15. The highest BCUT2D eigenvalue weighted by Crippen LogP contribution is 2.34. The van der Waals surface area contributed by atoms with Gasteiger partial charge in [0.25, 0.3) is 0 Å². The normalized spacial score (nSPS) is 11.0. The van der Waals surface area contributed by atoms with Gasteiger partial charge in [-0.1, -0.05) is 29.8 Å². The van der Waals surface area contributed by atoms with Crippen LogP contribution >= 0.6 is 11.6 Å². The van der Waals surface area contributed by atoms with Gasteiger partial charge in [0.1, 0.15) is 10.5 Å². The predicted octanol–water partition coefficient (Wildman–Crippen LogP) is 4.04. The highest BCUT2D eigenvalue weighted by atomic mass is 35.5. The van der Waals surface area contributed by atoms with Crippen LogP contribution < -0.4 is 5.73 Å². The fourth-order valence-electron chi connectivity index (χ4n) is 1.87. The van der Waals surface area contributed by atoms with Crippen LogP contribution in [-0.4, -0.2) is 4.98 Å². The topological polar surface area (TPSA) is 52.0 Å². The molecule has 3 aromatic rings. The third-order valence-corrected chi connectivity index (χ3v) is 3.26. The predicted molar refractivity (Wildman–Crippen MR) is 73.6 cm³/mol. The van der Waals surface area contributed by atoms with Gasteiger partial charge in [-0.05, 0) is 30.7 Å². The Balaban J connectivity index is 2.27. The molecule has 0 bridgehead atoms. The van der Waals surface area contributed by atoms with Gasteiger partial charge in [-0.25, -0.2) is 4.98 Å². The van der Waals surface area contributed by atoms with E-state index in [-0.39, 0.29) is 0 Å². The number of fused-ring (bicyclic) bond motifs is 1. The highest BCUT2D eigenvalue weighted by Gasteiger charge is 2.14. The summed E-state index contributed by atoms with van der Waals surface area (Å²) < 4.78 is 5.70. The summed E-state index contributed by atoms with van der Waals surface area (Å²) in [5.74, 6) is 0.553. The SMILES string of the molecule is Cc1cc2nc(-c3ccccc3)oc2c(Cl)c1N. The summed E-state index contributed by atoms with van der Waals surface area (Å²) in [7, 11) is 0. The lowest BCUT2D eigenvalue weighted by Crippen LogP contribution is -1.90. The Morgan fingerprint density at radius 2 is 1.94 bits per heavy atom. The Bertz CT molecular complexity index is 719. The maximum absolute atomic E-state index is 6.17. The second kappa shape index (κ2) is 4.03. The van der Waals surface area contributed by atoms with E-state index in [0.717, 1.165) is 16.6 Å². The number of nitrogen functional groups attached to an aromatic ring is 1. The van der Waals surface area contributed by atoms with Crippen LogP contribution in [0.2, 0.25) is 5.02 Å². The minimum absolute atomic E-state index is 0.430. The summed E-state index contributed by atoms with van der Waals surface area (Å²) in [6.45, 7) is 1.90. The molecule has 0 radical (unpaired) electrons. The smallest absolute Gasteiger partial charge is 0.227 e. The molecule has 1 aromatic heterocycles. The Morgan fingerprint density at radius 3 is 2.67 bits per heavy atom. The maximum Gasteiger partial charge on any atom is 0.227 e. The van der Waals surface area contributed by atoms with E-state index in [2.05, 4.69) is 4.98 Å². The quantitative estimate of drug-likeness (QED) is 0.670. The summed E-state index contributed by atoms with van der Waals surface area (Å²) in [4.78, 5) is 4.44. The maximum atomic E-state index is 6.17. The molecule has 4 heteroatoms. The van der Waals surface area contributed by atoms with Crippen molar-refractivity contribution in [2.75, 3.05) is 5.73 Å². The number of nitrogens with two attached hydrogens (primary N) is 1. The number of aromatic nitrogens is 1. The standard InChI is InChI=1S/C14H11ClN2O/c1-8-7-10-13(11(15)12(8)16)18-14(17-10)9-5-3-2-4-6-9/h2-7H,16H2,1H3. The molecule has 3 nitrogen and oxygen atoms in total. The number of rotatable bonds is 1. The lowest BCUT2D eigenvalue weighted by molar-refractivity contribution is 0.620. The minimum Gasteiger partial charge on any atom is -0.434 e. The number of aryl methyl sites for hydroxylation is 1. The molecule has 0 aliphatic carbocycles. The zero-order valence-corrected chi connectivity index (χ0v) is 10.5. The first-order valence-electron chi connectivity index (χ1n) is 5.57. The van der Waals surface area contributed by atoms with E-state index >= 15 is 0 Å². The molecule has 2 aromatic carbocycles. The first-order chi connectivity index (χ1) is 8.66. The van der Waals surface area contributed by atoms with E-state index in [9.17, 15) is 0 Å². The van der Waals surface area contributed by atoms with Crippen LogP contribution in [0.25, 0.3) is 22.6 Å². The monoisotopic (exact) mass is 258 g/mol. The molecule has 0 fully saturated rings. The molecular formula is C14H11ClN2O. The van der Waals surface area contributed by atoms with Crippen molar-refractivity contribution in [3.05, 3.63) is 47.0 Å². The molecule has 0 saturated carbocycles. The molecule has 0 saturated heterocycles. The van der Waals surface area contributed by atoms with Crippen molar-refractivity contribution in [2.24, 2.45) is 0 Å². The Labute approximate surface area is 109 Å². The van der Waals surface area contributed by atoms with Gasteiger partial charge in [-0.3, -0.25) is 0 Å². The van der Waals surface area contributed by atoms with E-state index in [0.29, 0.717) is 22.2 Å². The lowest BCUT2D eigenvalue weighted by atomic mass is 10.2. The van der Waals surface area contributed by atoms with Crippen LogP contribution in [0.4, 0.5) is 5.69 Å². The Hall–Kier alpha value is -2.00. The molecule has 0 atom stereocenters. The van der Waals surface area contributed by atoms with Gasteiger partial charge in [0, 0.05) is 5.56 Å². The second-order valence-corrected chi connectivity index (χ2v) is 4.53. The van der Waals surface area contributed by atoms with Crippen molar-refractivity contribution in [1.82, 2.24) is 4.98 Å². The largest absolute Gasteiger partial charge is 0.434 e. The molecule has 90 valence electrons. The van der Waals surface area contributed by atoms with Crippen molar-refractivity contribution in [3.8, 4) is 11.5 Å². The average Bonchev–Trinajstić information content (AvgIpc) is 2.81. The van der Waals surface area contributed by atoms with Crippen LogP contribution in [0, 0.1) is 6.92 Å². The van der Waals surface area contributed by atoms with Gasteiger partial charge in [-0.15, -0.1) is 0 Å². The molecule has 2 N–H and O–H groups in total. The Kier molecular flexibility index (Phi) is 2.49. The van der Waals surface area contributed by atoms with Crippen molar-refractivity contribution < 1.29 is 4.42 Å². The molecule has 18 heavy (non-hydrogen) atoms. The summed E-state index contributed by atoms with van der Waals surface area (Å²) in [5, 5.41) is 0.430. The van der Waals surface area contributed by atoms with Crippen LogP contribution in [0.5, 0.6) is 0 Å². The lowest BCUT2D eigenvalue weighted by Gasteiger charge is -2.01. The van der Waals surface area contributed by atoms with Gasteiger partial charge < -0.3 is 10.2 Å². The van der Waals surface area contributed by atoms with E-state index in [1.807, 2.05) is 43.3 Å². The first-order valence-corrected chi connectivity index (χ1v) is 5.95. The molecule has 0 amide bonds. The van der Waals surface area contributed by atoms with Crippen molar-refractivity contribution in [2.45, 2.75) is 6.92 Å². The van der Waals surface area contributed by atoms with Crippen LogP contribution in [-0.2, 0) is 0 Å². The summed E-state index contributed by atoms with van der Waals surface area (Å²) in [6.07, 6.45) is 0. The molecule has 0 unspecified atom stereocenters. The number of oxazole rings is 1. The summed E-state index contributed by atoms with van der Waals surface area (Å²) in [6, 6.07) is 11.6. The number of nitrogens with zero attached hydrogens (tertiary/aromatic N) is 1. The second-order valence-electron chi connectivity index (χ2n) is 4.15. The molecule has 3 rings (SSSR count). The van der Waals surface area contributed by atoms with Gasteiger partial charge in [0.05, 0.1) is 5.69 Å². The molecular weight excluding hydrogens is 248 g/mol. The van der Waals surface area contributed by atoms with E-state index in [4.69, 9.17) is 21.8 Å². The van der Waals surface area contributed by atoms with Crippen molar-refractivity contribution in [3.63, 3.8) is 0 Å². The minimum atomic E-state index is 0.430. The number of hydrogen-bond acceptors (Lipinski definition) is 3. The van der Waals surface area contributed by atoms with Gasteiger partial charge in [0.15, 0.2) is 5.58 Å². The van der Waals surface area contributed by atoms with Gasteiger partial charge in [0.2, 0.25) is 5.89 Å². The third-order valence-electron chi connectivity index (χ3n) is 2.89. The molecule has 1 heterocycles. The number of hydrogen-bond donors (Lipinski definition) is 1. The fraction of sp³-hybridized carbons (Fsp3) is 0.0714. The highest BCUT2D eigenvalue weighted by molar-refractivity contribution is 6.37. The summed E-state index contributed by atoms with van der Waals surface area (Å²) >= 11 is 6.17.